The maximum absolute atomic E-state index is 17.4. The second-order valence-electron chi connectivity index (χ2n) is 13.6. The standard InChI is InChI=1S/C27H29F3O6S.C6H12N2O/c1-14-9-16-17-11-19(29)18-10-15(31)6-7-24(18,2)26(17,30)21(32)12-25(16,3)27(14,23(34)37-13-28)36-22(33)20-5-4-8-35-20;1-7-4-3-5-8(2)6(7)9/h4-8,10,14,16-17,19,21,32H,9,11-13H2,1-3H3;3-5H2,1-2H3/t14-,16+,17+,19+,21+,24+,25+,26+,27+;/m1./s1. The number of halogens is 3. The number of alkyl halides is 3. The number of nitrogens with zero attached hydrogens (tertiary/aromatic N) is 2. The van der Waals surface area contributed by atoms with Gasteiger partial charge in [-0.05, 0) is 80.1 Å². The summed E-state index contributed by atoms with van der Waals surface area (Å²) in [4.78, 5) is 53.1. The number of hydrogen-bond donors (Lipinski definition) is 1. The number of carbonyl (C=O) groups is 4. The summed E-state index contributed by atoms with van der Waals surface area (Å²) in [5.41, 5.74) is -7.19. The molecule has 2 heterocycles. The number of furan rings is 1. The zero-order valence-corrected chi connectivity index (χ0v) is 27.5. The van der Waals surface area contributed by atoms with Crippen molar-refractivity contribution in [2.75, 3.05) is 33.2 Å². The van der Waals surface area contributed by atoms with E-state index in [0.717, 1.165) is 25.6 Å². The third-order valence-electron chi connectivity index (χ3n) is 11.3. The molecule has 46 heavy (non-hydrogen) atoms. The molecule has 2 amide bonds. The van der Waals surface area contributed by atoms with Crippen LogP contribution in [0.1, 0.15) is 57.0 Å². The number of esters is 1. The van der Waals surface area contributed by atoms with Crippen LogP contribution in [-0.4, -0.2) is 94.5 Å². The summed E-state index contributed by atoms with van der Waals surface area (Å²) in [5, 5.41) is 10.7. The first-order chi connectivity index (χ1) is 21.6. The van der Waals surface area contributed by atoms with Crippen LogP contribution >= 0.6 is 11.8 Å². The molecular formula is C33H41F3N2O7S. The van der Waals surface area contributed by atoms with E-state index in [-0.39, 0.29) is 36.6 Å². The average Bonchev–Trinajstić information content (AvgIpc) is 3.61. The lowest BCUT2D eigenvalue weighted by molar-refractivity contribution is -0.221. The van der Waals surface area contributed by atoms with Crippen LogP contribution in [0.4, 0.5) is 18.0 Å². The van der Waals surface area contributed by atoms with Gasteiger partial charge < -0.3 is 24.1 Å². The number of hydrogen-bond acceptors (Lipinski definition) is 8. The molecule has 3 saturated carbocycles. The first kappa shape index (κ1) is 34.3. The van der Waals surface area contributed by atoms with Crippen molar-refractivity contribution in [3.63, 3.8) is 0 Å². The minimum Gasteiger partial charge on any atom is -0.457 e. The molecule has 0 bridgehead atoms. The van der Waals surface area contributed by atoms with Crippen LogP contribution < -0.4 is 0 Å². The molecule has 1 aromatic rings. The van der Waals surface area contributed by atoms with E-state index in [4.69, 9.17) is 9.15 Å². The van der Waals surface area contributed by atoms with Crippen LogP contribution in [0.2, 0.25) is 0 Å². The number of allylic oxidation sites excluding steroid dienone is 4. The normalized spacial score (nSPS) is 39.8. The minimum atomic E-state index is -2.35. The fourth-order valence-corrected chi connectivity index (χ4v) is 9.78. The Labute approximate surface area is 270 Å². The van der Waals surface area contributed by atoms with Crippen molar-refractivity contribution >= 4 is 34.7 Å². The molecule has 9 atom stereocenters. The zero-order chi connectivity index (χ0) is 33.8. The smallest absolute Gasteiger partial charge is 0.375 e. The predicted molar refractivity (Wildman–Crippen MR) is 164 cm³/mol. The van der Waals surface area contributed by atoms with Gasteiger partial charge in [0, 0.05) is 49.9 Å². The van der Waals surface area contributed by atoms with Gasteiger partial charge in [-0.15, -0.1) is 0 Å². The average molecular weight is 667 g/mol. The van der Waals surface area contributed by atoms with Gasteiger partial charge in [-0.25, -0.2) is 22.8 Å². The lowest BCUT2D eigenvalue weighted by Gasteiger charge is -2.63. The summed E-state index contributed by atoms with van der Waals surface area (Å²) < 4.78 is 57.5. The second kappa shape index (κ2) is 12.2. The van der Waals surface area contributed by atoms with E-state index in [1.807, 2.05) is 14.1 Å². The zero-order valence-electron chi connectivity index (χ0n) is 26.6. The summed E-state index contributed by atoms with van der Waals surface area (Å²) in [6, 6.07) is 1.92. The van der Waals surface area contributed by atoms with Gasteiger partial charge in [0.25, 0.3) is 0 Å². The molecule has 4 fully saturated rings. The van der Waals surface area contributed by atoms with E-state index in [9.17, 15) is 28.7 Å². The van der Waals surface area contributed by atoms with E-state index >= 15 is 8.78 Å². The summed E-state index contributed by atoms with van der Waals surface area (Å²) in [6.45, 7) is 6.60. The molecule has 4 aliphatic carbocycles. The Bertz CT molecular complexity index is 1440. The molecule has 0 radical (unpaired) electrons. The lowest BCUT2D eigenvalue weighted by atomic mass is 9.44. The van der Waals surface area contributed by atoms with E-state index in [1.165, 1.54) is 37.5 Å². The molecule has 0 aromatic carbocycles. The fourth-order valence-electron chi connectivity index (χ4n) is 8.99. The molecule has 1 aromatic heterocycles. The van der Waals surface area contributed by atoms with Crippen LogP contribution in [0.3, 0.4) is 0 Å². The molecule has 0 spiro atoms. The predicted octanol–water partition coefficient (Wildman–Crippen LogP) is 5.30. The Morgan fingerprint density at radius 2 is 1.83 bits per heavy atom. The monoisotopic (exact) mass is 666 g/mol. The number of thioether (sulfide) groups is 1. The second-order valence-corrected chi connectivity index (χ2v) is 14.5. The summed E-state index contributed by atoms with van der Waals surface area (Å²) in [7, 11) is 3.66. The van der Waals surface area contributed by atoms with Crippen molar-refractivity contribution in [1.29, 1.82) is 0 Å². The molecule has 1 N–H and O–H groups in total. The first-order valence-electron chi connectivity index (χ1n) is 15.5. The van der Waals surface area contributed by atoms with Crippen LogP contribution in [-0.2, 0) is 14.3 Å². The van der Waals surface area contributed by atoms with Crippen molar-refractivity contribution in [3.05, 3.63) is 48.0 Å². The van der Waals surface area contributed by atoms with Crippen LogP contribution in [0.5, 0.6) is 0 Å². The number of ketones is 1. The largest absolute Gasteiger partial charge is 0.457 e. The van der Waals surface area contributed by atoms with Crippen molar-refractivity contribution in [2.24, 2.45) is 28.6 Å². The molecule has 1 aliphatic heterocycles. The van der Waals surface area contributed by atoms with E-state index < -0.39 is 75.0 Å². The van der Waals surface area contributed by atoms with Crippen LogP contribution in [0.15, 0.2) is 46.6 Å². The maximum atomic E-state index is 17.4. The van der Waals surface area contributed by atoms with Gasteiger partial charge in [0.1, 0.15) is 12.2 Å². The number of rotatable bonds is 4. The van der Waals surface area contributed by atoms with Crippen LogP contribution in [0.25, 0.3) is 0 Å². The number of ether oxygens (including phenoxy) is 1. The van der Waals surface area contributed by atoms with Crippen LogP contribution in [0, 0.1) is 28.6 Å². The number of aliphatic hydroxyl groups excluding tert-OH is 1. The molecule has 0 unspecified atom stereocenters. The van der Waals surface area contributed by atoms with Gasteiger partial charge in [-0.3, -0.25) is 9.59 Å². The number of amides is 2. The van der Waals surface area contributed by atoms with Gasteiger partial charge in [0.15, 0.2) is 17.1 Å². The Balaban J connectivity index is 0.000000400. The Hall–Kier alpha value is -3.06. The SMILES string of the molecule is CN1CCCN(C)C1=O.C[C@@H]1C[C@H]2[C@@H]3C[C@H](F)C4=CC(=O)C=C[C@]4(C)[C@@]3(F)[C@@H](O)C[C@]2(C)[C@@]1(OC(=O)c1ccco1)C(=O)SCF. The first-order valence-corrected chi connectivity index (χ1v) is 16.5. The minimum absolute atomic E-state index is 0.00739. The molecule has 6 rings (SSSR count). The van der Waals surface area contributed by atoms with Gasteiger partial charge in [0.05, 0.1) is 12.4 Å². The van der Waals surface area contributed by atoms with E-state index in [0.29, 0.717) is 11.8 Å². The highest BCUT2D eigenvalue weighted by Gasteiger charge is 2.78. The molecule has 1 saturated heterocycles. The highest BCUT2D eigenvalue weighted by molar-refractivity contribution is 8.13. The Morgan fingerprint density at radius 3 is 2.41 bits per heavy atom. The number of carbonyl (C=O) groups excluding carboxylic acids is 4. The summed E-state index contributed by atoms with van der Waals surface area (Å²) >= 11 is 0.352. The van der Waals surface area contributed by atoms with E-state index in [1.54, 1.807) is 23.6 Å². The number of fused-ring (bicyclic) bond motifs is 5. The van der Waals surface area contributed by atoms with Gasteiger partial charge >= 0.3 is 12.0 Å². The number of aliphatic hydroxyl groups is 1. The van der Waals surface area contributed by atoms with Crippen molar-refractivity contribution in [2.45, 2.75) is 70.0 Å². The summed E-state index contributed by atoms with van der Waals surface area (Å²) in [6.07, 6.45) is 2.25. The highest BCUT2D eigenvalue weighted by Crippen LogP contribution is 2.72. The molecule has 13 heteroatoms. The van der Waals surface area contributed by atoms with Gasteiger partial charge in [-0.2, -0.15) is 0 Å². The molecular weight excluding hydrogens is 625 g/mol. The Morgan fingerprint density at radius 1 is 1.15 bits per heavy atom. The molecule has 252 valence electrons. The number of urea groups is 1. The third kappa shape index (κ3) is 4.94. The quantitative estimate of drug-likeness (QED) is 0.431. The highest BCUT2D eigenvalue weighted by atomic mass is 32.2. The third-order valence-corrected chi connectivity index (χ3v) is 11.9. The maximum Gasteiger partial charge on any atom is 0.375 e. The molecule has 9 nitrogen and oxygen atoms in total. The van der Waals surface area contributed by atoms with Gasteiger partial charge in [-0.1, -0.05) is 19.9 Å². The molecule has 5 aliphatic rings. The van der Waals surface area contributed by atoms with E-state index in [2.05, 4.69) is 0 Å². The van der Waals surface area contributed by atoms with Crippen molar-refractivity contribution in [3.8, 4) is 0 Å². The summed E-state index contributed by atoms with van der Waals surface area (Å²) in [5.74, 6) is -3.98. The van der Waals surface area contributed by atoms with Crippen molar-refractivity contribution in [1.82, 2.24) is 9.80 Å². The topological polar surface area (TPSA) is 117 Å². The van der Waals surface area contributed by atoms with Crippen molar-refractivity contribution < 1.29 is 46.6 Å². The van der Waals surface area contributed by atoms with Gasteiger partial charge in [0.2, 0.25) is 10.9 Å². The fraction of sp³-hybridized carbons (Fsp3) is 0.636. The Kier molecular flexibility index (Phi) is 9.08. The lowest BCUT2D eigenvalue weighted by Crippen LogP contribution is -2.70.